The Balaban J connectivity index is 2.06. The van der Waals surface area contributed by atoms with Crippen LogP contribution in [0, 0.1) is 5.82 Å². The van der Waals surface area contributed by atoms with E-state index < -0.39 is 36.6 Å². The number of nitrogens with zero attached hydrogens (tertiary/aromatic N) is 1. The number of hydrogen-bond acceptors (Lipinski definition) is 5. The third-order valence-corrected chi connectivity index (χ3v) is 4.06. The summed E-state index contributed by atoms with van der Waals surface area (Å²) in [5, 5.41) is -0.245. The van der Waals surface area contributed by atoms with Crippen LogP contribution in [0.2, 0.25) is 10.0 Å². The summed E-state index contributed by atoms with van der Waals surface area (Å²) in [6, 6.07) is 3.19. The van der Waals surface area contributed by atoms with Gasteiger partial charge in [0.15, 0.2) is 6.61 Å². The Morgan fingerprint density at radius 3 is 2.45 bits per heavy atom. The molecule has 0 aliphatic carbocycles. The first-order valence-electron chi connectivity index (χ1n) is 7.68. The Labute approximate surface area is 171 Å². The Hall–Kier alpha value is -2.33. The molecular weight excluding hydrogens is 448 g/mol. The molecule has 0 radical (unpaired) electrons. The van der Waals surface area contributed by atoms with Crippen LogP contribution in [0.1, 0.15) is 15.9 Å². The smallest absolute Gasteiger partial charge is 0.340 e. The van der Waals surface area contributed by atoms with Crippen molar-refractivity contribution in [2.24, 2.45) is 0 Å². The fourth-order valence-electron chi connectivity index (χ4n) is 1.95. The number of halogens is 7. The summed E-state index contributed by atoms with van der Waals surface area (Å²) in [6.45, 7) is -1.86. The molecule has 0 aliphatic rings. The van der Waals surface area contributed by atoms with E-state index in [0.29, 0.717) is 0 Å². The largest absolute Gasteiger partial charge is 0.487 e. The zero-order valence-corrected chi connectivity index (χ0v) is 16.0. The molecule has 0 fully saturated rings. The molecule has 2 rings (SSSR count). The number of pyridine rings is 1. The number of carbonyl (C=O) groups excluding carboxylic acids is 1. The highest BCUT2D eigenvalue weighted by molar-refractivity contribution is 6.32. The first-order chi connectivity index (χ1) is 13.5. The molecule has 0 aliphatic heterocycles. The second-order valence-corrected chi connectivity index (χ2v) is 6.33. The third kappa shape index (κ3) is 5.83. The highest BCUT2D eigenvalue weighted by Crippen LogP contribution is 2.30. The molecule has 1 heterocycles. The Kier molecular flexibility index (Phi) is 7.48. The molecule has 1 aromatic heterocycles. The number of rotatable bonds is 8. The van der Waals surface area contributed by atoms with Crippen LogP contribution in [-0.4, -0.2) is 37.0 Å². The second-order valence-electron chi connectivity index (χ2n) is 5.51. The van der Waals surface area contributed by atoms with Crippen molar-refractivity contribution in [2.75, 3.05) is 13.7 Å². The van der Waals surface area contributed by atoms with Gasteiger partial charge in [-0.1, -0.05) is 23.2 Å². The van der Waals surface area contributed by atoms with Gasteiger partial charge in [0, 0.05) is 16.7 Å². The molecule has 0 amide bonds. The SMILES string of the molecule is COC(=O)c1cc(Cl)c(COc2cnc(OCC(F)(F)C(F)F)c(Cl)c2)cc1F. The third-order valence-electron chi connectivity index (χ3n) is 3.44. The molecule has 0 unspecified atom stereocenters. The van der Waals surface area contributed by atoms with E-state index in [4.69, 9.17) is 27.9 Å². The summed E-state index contributed by atoms with van der Waals surface area (Å²) in [6.07, 6.45) is -2.87. The van der Waals surface area contributed by atoms with Gasteiger partial charge in [-0.25, -0.2) is 22.9 Å². The van der Waals surface area contributed by atoms with Crippen LogP contribution in [0.3, 0.4) is 0 Å². The monoisotopic (exact) mass is 459 g/mol. The van der Waals surface area contributed by atoms with Crippen molar-refractivity contribution in [1.82, 2.24) is 4.98 Å². The molecule has 0 N–H and O–H groups in total. The molecule has 158 valence electrons. The normalized spacial score (nSPS) is 11.5. The van der Waals surface area contributed by atoms with Crippen molar-refractivity contribution in [3.63, 3.8) is 0 Å². The van der Waals surface area contributed by atoms with Gasteiger partial charge in [-0.3, -0.25) is 0 Å². The van der Waals surface area contributed by atoms with Crippen molar-refractivity contribution in [3.05, 3.63) is 51.4 Å². The average molecular weight is 460 g/mol. The minimum atomic E-state index is -4.36. The number of methoxy groups -OCH3 is 1. The van der Waals surface area contributed by atoms with Crippen LogP contribution in [-0.2, 0) is 11.3 Å². The van der Waals surface area contributed by atoms with Crippen LogP contribution in [0.25, 0.3) is 0 Å². The molecule has 2 aromatic rings. The van der Waals surface area contributed by atoms with E-state index >= 15 is 0 Å². The minimum Gasteiger partial charge on any atom is -0.487 e. The topological polar surface area (TPSA) is 57.7 Å². The fourth-order valence-corrected chi connectivity index (χ4v) is 2.38. The second kappa shape index (κ2) is 9.45. The molecule has 0 saturated heterocycles. The first kappa shape index (κ1) is 23.0. The lowest BCUT2D eigenvalue weighted by molar-refractivity contribution is -0.148. The number of aromatic nitrogens is 1. The zero-order chi connectivity index (χ0) is 21.8. The van der Waals surface area contributed by atoms with E-state index in [1.807, 2.05) is 0 Å². The minimum absolute atomic E-state index is 0.0278. The van der Waals surface area contributed by atoms with E-state index in [1.54, 1.807) is 0 Å². The standard InChI is InChI=1S/C17H12Cl2F5NO4/c1-27-15(26)10-4-11(18)8(2-13(10)20)6-28-9-3-12(19)14(25-5-9)29-7-17(23,24)16(21)22/h2-5,16H,6-7H2,1H3. The lowest BCUT2D eigenvalue weighted by atomic mass is 10.1. The number of carbonyl (C=O) groups is 1. The van der Waals surface area contributed by atoms with Gasteiger partial charge < -0.3 is 14.2 Å². The van der Waals surface area contributed by atoms with Gasteiger partial charge >= 0.3 is 18.3 Å². The molecule has 1 aromatic carbocycles. The van der Waals surface area contributed by atoms with Crippen LogP contribution in [0.15, 0.2) is 24.4 Å². The van der Waals surface area contributed by atoms with Gasteiger partial charge in [-0.15, -0.1) is 0 Å². The molecule has 12 heteroatoms. The van der Waals surface area contributed by atoms with Gasteiger partial charge in [0.25, 0.3) is 0 Å². The molecule has 0 saturated carbocycles. The fraction of sp³-hybridized carbons (Fsp3) is 0.294. The van der Waals surface area contributed by atoms with Crippen LogP contribution < -0.4 is 9.47 Å². The van der Waals surface area contributed by atoms with E-state index in [2.05, 4.69) is 14.5 Å². The summed E-state index contributed by atoms with van der Waals surface area (Å²) < 4.78 is 78.3. The van der Waals surface area contributed by atoms with Gasteiger partial charge in [0.05, 0.1) is 18.9 Å². The van der Waals surface area contributed by atoms with E-state index in [9.17, 15) is 26.7 Å². The van der Waals surface area contributed by atoms with Gasteiger partial charge in [-0.05, 0) is 12.1 Å². The van der Waals surface area contributed by atoms with E-state index in [0.717, 1.165) is 31.5 Å². The summed E-state index contributed by atoms with van der Waals surface area (Å²) in [5.41, 5.74) is -0.169. The van der Waals surface area contributed by atoms with Crippen molar-refractivity contribution in [2.45, 2.75) is 19.0 Å². The highest BCUT2D eigenvalue weighted by Gasteiger charge is 2.42. The lowest BCUT2D eigenvalue weighted by Crippen LogP contribution is -2.33. The van der Waals surface area contributed by atoms with Crippen molar-refractivity contribution >= 4 is 29.2 Å². The first-order valence-corrected chi connectivity index (χ1v) is 8.44. The molecular formula is C17H12Cl2F5NO4. The summed E-state index contributed by atoms with van der Waals surface area (Å²) in [4.78, 5) is 15.0. The van der Waals surface area contributed by atoms with Crippen LogP contribution in [0.4, 0.5) is 22.0 Å². The number of hydrogen-bond donors (Lipinski definition) is 0. The average Bonchev–Trinajstić information content (AvgIpc) is 2.66. The zero-order valence-electron chi connectivity index (χ0n) is 14.5. The summed E-state index contributed by atoms with van der Waals surface area (Å²) in [7, 11) is 1.09. The Bertz CT molecular complexity index is 898. The Morgan fingerprint density at radius 2 is 1.86 bits per heavy atom. The summed E-state index contributed by atoms with van der Waals surface area (Å²) in [5.74, 6) is -6.60. The maximum Gasteiger partial charge on any atom is 0.340 e. The molecule has 29 heavy (non-hydrogen) atoms. The lowest BCUT2D eigenvalue weighted by Gasteiger charge is -2.16. The number of ether oxygens (including phenoxy) is 3. The van der Waals surface area contributed by atoms with Crippen molar-refractivity contribution in [1.29, 1.82) is 0 Å². The number of benzene rings is 1. The van der Waals surface area contributed by atoms with Gasteiger partial charge in [-0.2, -0.15) is 8.78 Å². The van der Waals surface area contributed by atoms with Crippen LogP contribution >= 0.6 is 23.2 Å². The molecule has 0 atom stereocenters. The Morgan fingerprint density at radius 1 is 1.17 bits per heavy atom. The van der Waals surface area contributed by atoms with E-state index in [-0.39, 0.29) is 33.5 Å². The molecule has 5 nitrogen and oxygen atoms in total. The molecule has 0 bridgehead atoms. The van der Waals surface area contributed by atoms with E-state index in [1.165, 1.54) is 0 Å². The summed E-state index contributed by atoms with van der Waals surface area (Å²) >= 11 is 11.8. The van der Waals surface area contributed by atoms with Gasteiger partial charge in [0.1, 0.15) is 23.2 Å². The predicted octanol–water partition coefficient (Wildman–Crippen LogP) is 5.17. The maximum absolute atomic E-state index is 14.0. The quantitative estimate of drug-likeness (QED) is 0.402. The van der Waals surface area contributed by atoms with Crippen molar-refractivity contribution in [3.8, 4) is 11.6 Å². The van der Waals surface area contributed by atoms with Crippen LogP contribution in [0.5, 0.6) is 11.6 Å². The maximum atomic E-state index is 14.0. The number of alkyl halides is 4. The van der Waals surface area contributed by atoms with Crippen molar-refractivity contribution < 1.29 is 41.0 Å². The highest BCUT2D eigenvalue weighted by atomic mass is 35.5. The number of esters is 1. The van der Waals surface area contributed by atoms with Gasteiger partial charge in [0.2, 0.25) is 5.88 Å². The molecule has 0 spiro atoms. The predicted molar refractivity (Wildman–Crippen MR) is 92.8 cm³/mol.